The highest BCUT2D eigenvalue weighted by Crippen LogP contribution is 2.24. The zero-order chi connectivity index (χ0) is 30.8. The quantitative estimate of drug-likeness (QED) is 0.340. The monoisotopic (exact) mass is 607 g/mol. The Morgan fingerprint density at radius 3 is 2.31 bits per heavy atom. The number of carbonyl (C=O) groups excluding carboxylic acids is 4. The summed E-state index contributed by atoms with van der Waals surface area (Å²) >= 11 is 6.28. The van der Waals surface area contributed by atoms with E-state index in [1.165, 1.54) is 20.5 Å². The third kappa shape index (κ3) is 8.59. The highest BCUT2D eigenvalue weighted by molar-refractivity contribution is 6.31. The summed E-state index contributed by atoms with van der Waals surface area (Å²) in [6.45, 7) is 5.94. The van der Waals surface area contributed by atoms with Crippen LogP contribution >= 0.6 is 11.6 Å². The lowest BCUT2D eigenvalue weighted by Gasteiger charge is -2.35. The number of halogens is 1. The van der Waals surface area contributed by atoms with Gasteiger partial charge in [-0.15, -0.1) is 0 Å². The number of hydrogen-bond donors (Lipinski definition) is 2. The Morgan fingerprint density at radius 1 is 1.02 bits per heavy atom. The Hall–Kier alpha value is -4.33. The van der Waals surface area contributed by atoms with Gasteiger partial charge in [0.25, 0.3) is 5.91 Å². The van der Waals surface area contributed by atoms with Gasteiger partial charge in [-0.05, 0) is 44.9 Å². The fourth-order valence-electron chi connectivity index (χ4n) is 4.11. The minimum absolute atomic E-state index is 0.0385. The summed E-state index contributed by atoms with van der Waals surface area (Å²) in [5.74, 6) is -2.97. The summed E-state index contributed by atoms with van der Waals surface area (Å²) in [7, 11) is 0. The number of nitrogens with one attached hydrogen (secondary N) is 1. The molecule has 2 aromatic rings. The standard InChI is InChI=1S/C27H34ClN5O9/c1-4-40-24(36)16-42-22-15-21(30-33(22)18-7-6-17(3)19(28)14-18)25(37)29-20(8-9-23(34)35)26(38)31-10-12-32(13-11-31)27(39)41-5-2/h6-7,14-15,20H,4-5,8-13,16H2,1-3H3,(H,29,37)(H,34,35). The van der Waals surface area contributed by atoms with Crippen LogP contribution in [0, 0.1) is 6.92 Å². The molecule has 14 nitrogen and oxygen atoms in total. The molecule has 2 N–H and O–H groups in total. The molecule has 0 aliphatic carbocycles. The number of rotatable bonds is 12. The van der Waals surface area contributed by atoms with Gasteiger partial charge in [-0.1, -0.05) is 17.7 Å². The first-order valence-corrected chi connectivity index (χ1v) is 13.8. The number of carboxylic acid groups (broad SMARTS) is 1. The van der Waals surface area contributed by atoms with E-state index in [1.54, 1.807) is 32.0 Å². The molecule has 0 spiro atoms. The predicted octanol–water partition coefficient (Wildman–Crippen LogP) is 2.04. The van der Waals surface area contributed by atoms with Crippen LogP contribution in [0.4, 0.5) is 4.79 Å². The number of benzene rings is 1. The van der Waals surface area contributed by atoms with Crippen LogP contribution in [0.5, 0.6) is 5.88 Å². The number of aryl methyl sites for hydroxylation is 1. The molecule has 3 rings (SSSR count). The van der Waals surface area contributed by atoms with E-state index in [-0.39, 0.29) is 63.8 Å². The van der Waals surface area contributed by atoms with Crippen molar-refractivity contribution in [3.8, 4) is 11.6 Å². The second-order valence-corrected chi connectivity index (χ2v) is 9.68. The molecule has 1 saturated heterocycles. The lowest BCUT2D eigenvalue weighted by molar-refractivity contribution is -0.145. The summed E-state index contributed by atoms with van der Waals surface area (Å²) in [5, 5.41) is 16.6. The van der Waals surface area contributed by atoms with Crippen molar-refractivity contribution in [1.82, 2.24) is 24.9 Å². The van der Waals surface area contributed by atoms with Crippen molar-refractivity contribution in [2.75, 3.05) is 46.0 Å². The number of carbonyl (C=O) groups is 5. The lowest BCUT2D eigenvalue weighted by atomic mass is 10.1. The van der Waals surface area contributed by atoms with Crippen LogP contribution in [-0.4, -0.2) is 107 Å². The van der Waals surface area contributed by atoms with Gasteiger partial charge in [0.05, 0.1) is 18.9 Å². The molecule has 1 unspecified atom stereocenters. The molecule has 1 aromatic carbocycles. The lowest BCUT2D eigenvalue weighted by Crippen LogP contribution is -2.56. The summed E-state index contributed by atoms with van der Waals surface area (Å²) in [6, 6.07) is 5.17. The number of esters is 1. The van der Waals surface area contributed by atoms with E-state index in [2.05, 4.69) is 10.4 Å². The third-order valence-corrected chi connectivity index (χ3v) is 6.73. The van der Waals surface area contributed by atoms with Gasteiger partial charge in [-0.2, -0.15) is 5.10 Å². The first-order chi connectivity index (χ1) is 20.0. The average Bonchev–Trinajstić information content (AvgIpc) is 3.40. The molecule has 0 radical (unpaired) electrons. The molecule has 1 fully saturated rings. The van der Waals surface area contributed by atoms with Crippen LogP contribution in [0.1, 0.15) is 42.7 Å². The van der Waals surface area contributed by atoms with Crippen LogP contribution in [0.2, 0.25) is 5.02 Å². The normalized spacial score (nSPS) is 13.7. The molecule has 1 atom stereocenters. The molecule has 0 bridgehead atoms. The predicted molar refractivity (Wildman–Crippen MR) is 149 cm³/mol. The van der Waals surface area contributed by atoms with E-state index < -0.39 is 42.5 Å². The van der Waals surface area contributed by atoms with Crippen molar-refractivity contribution >= 4 is 41.4 Å². The third-order valence-electron chi connectivity index (χ3n) is 6.32. The van der Waals surface area contributed by atoms with E-state index in [9.17, 15) is 29.1 Å². The molecule has 1 aliphatic heterocycles. The second-order valence-electron chi connectivity index (χ2n) is 9.28. The maximum absolute atomic E-state index is 13.3. The molecular weight excluding hydrogens is 574 g/mol. The first kappa shape index (κ1) is 32.2. The van der Waals surface area contributed by atoms with Gasteiger partial charge < -0.3 is 34.4 Å². The highest BCUT2D eigenvalue weighted by atomic mass is 35.5. The molecule has 228 valence electrons. The topological polar surface area (TPSA) is 170 Å². The fraction of sp³-hybridized carbons (Fsp3) is 0.481. The number of ether oxygens (including phenoxy) is 3. The van der Waals surface area contributed by atoms with Gasteiger partial charge >= 0.3 is 18.0 Å². The largest absolute Gasteiger partial charge is 0.481 e. The molecule has 1 aliphatic rings. The Balaban J connectivity index is 1.81. The van der Waals surface area contributed by atoms with Crippen molar-refractivity contribution in [1.29, 1.82) is 0 Å². The van der Waals surface area contributed by atoms with Gasteiger partial charge in [0.15, 0.2) is 12.3 Å². The molecule has 1 aromatic heterocycles. The number of amides is 3. The molecule has 15 heteroatoms. The minimum Gasteiger partial charge on any atom is -0.481 e. The number of carboxylic acids is 1. The average molecular weight is 608 g/mol. The van der Waals surface area contributed by atoms with Crippen molar-refractivity contribution in [2.24, 2.45) is 0 Å². The number of piperazine rings is 1. The van der Waals surface area contributed by atoms with Crippen LogP contribution in [-0.2, 0) is 23.9 Å². The van der Waals surface area contributed by atoms with Gasteiger partial charge in [-0.3, -0.25) is 14.4 Å². The molecule has 2 heterocycles. The van der Waals surface area contributed by atoms with Crippen molar-refractivity contribution in [3.63, 3.8) is 0 Å². The Labute approximate surface area is 247 Å². The zero-order valence-corrected chi connectivity index (χ0v) is 24.4. The zero-order valence-electron chi connectivity index (χ0n) is 23.6. The van der Waals surface area contributed by atoms with Gasteiger partial charge in [0.2, 0.25) is 11.8 Å². The fourth-order valence-corrected chi connectivity index (χ4v) is 4.29. The number of hydrogen-bond acceptors (Lipinski definition) is 9. The number of aromatic nitrogens is 2. The summed E-state index contributed by atoms with van der Waals surface area (Å²) in [5.41, 5.74) is 1.11. The van der Waals surface area contributed by atoms with E-state index in [1.807, 2.05) is 6.92 Å². The van der Waals surface area contributed by atoms with Gasteiger partial charge in [0.1, 0.15) is 6.04 Å². The molecule has 0 saturated carbocycles. The smallest absolute Gasteiger partial charge is 0.409 e. The maximum Gasteiger partial charge on any atom is 0.409 e. The Bertz CT molecular complexity index is 1310. The Kier molecular flexibility index (Phi) is 11.5. The van der Waals surface area contributed by atoms with Crippen LogP contribution in [0.3, 0.4) is 0 Å². The van der Waals surface area contributed by atoms with Gasteiger partial charge in [0, 0.05) is 43.7 Å². The SMILES string of the molecule is CCOC(=O)COc1cc(C(=O)NC(CCC(=O)O)C(=O)N2CCN(C(=O)OCC)CC2)nn1-c1ccc(C)c(Cl)c1. The van der Waals surface area contributed by atoms with Crippen LogP contribution in [0.15, 0.2) is 24.3 Å². The van der Waals surface area contributed by atoms with Crippen molar-refractivity contribution in [2.45, 2.75) is 39.7 Å². The number of nitrogens with zero attached hydrogens (tertiary/aromatic N) is 4. The van der Waals surface area contributed by atoms with E-state index in [4.69, 9.17) is 25.8 Å². The number of aliphatic carboxylic acids is 1. The summed E-state index contributed by atoms with van der Waals surface area (Å²) in [4.78, 5) is 64.8. The first-order valence-electron chi connectivity index (χ1n) is 13.4. The van der Waals surface area contributed by atoms with Crippen molar-refractivity contribution in [3.05, 3.63) is 40.5 Å². The van der Waals surface area contributed by atoms with Crippen LogP contribution in [0.25, 0.3) is 5.69 Å². The van der Waals surface area contributed by atoms with Gasteiger partial charge in [-0.25, -0.2) is 14.3 Å². The second kappa shape index (κ2) is 15.1. The molecule has 3 amide bonds. The highest BCUT2D eigenvalue weighted by Gasteiger charge is 2.31. The molecule has 42 heavy (non-hydrogen) atoms. The van der Waals surface area contributed by atoms with Crippen LogP contribution < -0.4 is 10.1 Å². The Morgan fingerprint density at radius 2 is 1.69 bits per heavy atom. The minimum atomic E-state index is -1.18. The summed E-state index contributed by atoms with van der Waals surface area (Å²) < 4.78 is 16.8. The van der Waals surface area contributed by atoms with E-state index in [0.717, 1.165) is 5.56 Å². The van der Waals surface area contributed by atoms with Crippen molar-refractivity contribution < 1.29 is 43.3 Å². The molecular formula is C27H34ClN5O9. The summed E-state index contributed by atoms with van der Waals surface area (Å²) in [6.07, 6.45) is -1.02. The van der Waals surface area contributed by atoms with E-state index >= 15 is 0 Å². The maximum atomic E-state index is 13.3. The van der Waals surface area contributed by atoms with E-state index in [0.29, 0.717) is 10.7 Å².